The summed E-state index contributed by atoms with van der Waals surface area (Å²) in [6, 6.07) is 15.0. The van der Waals surface area contributed by atoms with Crippen molar-refractivity contribution in [2.24, 2.45) is 0 Å². The number of ether oxygens (including phenoxy) is 1. The molecule has 4 heteroatoms. The van der Waals surface area contributed by atoms with E-state index in [1.807, 2.05) is 42.6 Å². The van der Waals surface area contributed by atoms with Crippen LogP contribution in [-0.2, 0) is 6.54 Å². The second-order valence-corrected chi connectivity index (χ2v) is 4.87. The molecule has 0 saturated carbocycles. The smallest absolute Gasteiger partial charge is 0.335 e. The molecule has 0 spiro atoms. The van der Waals surface area contributed by atoms with Crippen molar-refractivity contribution in [3.63, 3.8) is 0 Å². The van der Waals surface area contributed by atoms with E-state index in [9.17, 15) is 4.79 Å². The Bertz CT molecular complexity index is 805. The highest BCUT2D eigenvalue weighted by Gasteiger charge is 2.07. The fraction of sp³-hybridized carbons (Fsp3) is 0.118. The number of benzene rings is 2. The number of rotatable bonds is 4. The monoisotopic (exact) mass is 281 g/mol. The van der Waals surface area contributed by atoms with Crippen molar-refractivity contribution in [2.75, 3.05) is 7.11 Å². The molecule has 4 nitrogen and oxygen atoms in total. The molecule has 0 fully saturated rings. The molecule has 0 radical (unpaired) electrons. The van der Waals surface area contributed by atoms with Gasteiger partial charge in [-0.25, -0.2) is 4.79 Å². The first-order valence-corrected chi connectivity index (χ1v) is 6.62. The van der Waals surface area contributed by atoms with Crippen molar-refractivity contribution >= 4 is 16.9 Å². The van der Waals surface area contributed by atoms with Gasteiger partial charge in [0.2, 0.25) is 0 Å². The minimum atomic E-state index is -0.905. The maximum Gasteiger partial charge on any atom is 0.335 e. The Hall–Kier alpha value is -2.75. The molecule has 0 aliphatic heterocycles. The Kier molecular flexibility index (Phi) is 3.36. The average Bonchev–Trinajstić information content (AvgIpc) is 2.90. The summed E-state index contributed by atoms with van der Waals surface area (Å²) < 4.78 is 7.32. The van der Waals surface area contributed by atoms with E-state index in [1.54, 1.807) is 19.2 Å². The summed E-state index contributed by atoms with van der Waals surface area (Å²) in [7, 11) is 1.65. The molecule has 106 valence electrons. The van der Waals surface area contributed by atoms with Crippen LogP contribution in [-0.4, -0.2) is 22.8 Å². The largest absolute Gasteiger partial charge is 0.497 e. The van der Waals surface area contributed by atoms with Crippen LogP contribution in [0.3, 0.4) is 0 Å². The lowest BCUT2D eigenvalue weighted by atomic mass is 10.1. The molecule has 21 heavy (non-hydrogen) atoms. The van der Waals surface area contributed by atoms with E-state index >= 15 is 0 Å². The maximum atomic E-state index is 11.0. The number of nitrogens with zero attached hydrogens (tertiary/aromatic N) is 1. The van der Waals surface area contributed by atoms with Crippen LogP contribution >= 0.6 is 0 Å². The van der Waals surface area contributed by atoms with Crippen LogP contribution in [0.1, 0.15) is 15.9 Å². The van der Waals surface area contributed by atoms with Gasteiger partial charge in [-0.05, 0) is 42.0 Å². The molecule has 1 N–H and O–H groups in total. The van der Waals surface area contributed by atoms with Crippen LogP contribution in [0.4, 0.5) is 0 Å². The highest BCUT2D eigenvalue weighted by molar-refractivity contribution is 5.93. The topological polar surface area (TPSA) is 51.5 Å². The molecule has 2 aromatic carbocycles. The van der Waals surface area contributed by atoms with Gasteiger partial charge in [0.1, 0.15) is 5.75 Å². The average molecular weight is 281 g/mol. The first-order chi connectivity index (χ1) is 10.2. The second-order valence-electron chi connectivity index (χ2n) is 4.87. The lowest BCUT2D eigenvalue weighted by molar-refractivity contribution is 0.0697. The Morgan fingerprint density at radius 1 is 1.19 bits per heavy atom. The number of carboxylic acid groups (broad SMARTS) is 1. The number of aromatic carboxylic acids is 1. The molecule has 3 aromatic rings. The summed E-state index contributed by atoms with van der Waals surface area (Å²) in [5.74, 6) is -0.0745. The van der Waals surface area contributed by atoms with E-state index in [1.165, 1.54) is 0 Å². The maximum absolute atomic E-state index is 11.0. The number of carbonyl (C=O) groups is 1. The number of hydrogen-bond acceptors (Lipinski definition) is 2. The molecule has 0 bridgehead atoms. The first-order valence-electron chi connectivity index (χ1n) is 6.62. The third-order valence-electron chi connectivity index (χ3n) is 3.51. The van der Waals surface area contributed by atoms with Crippen molar-refractivity contribution in [3.8, 4) is 5.75 Å². The molecule has 1 aromatic heterocycles. The Labute approximate surface area is 122 Å². The third-order valence-corrected chi connectivity index (χ3v) is 3.51. The third kappa shape index (κ3) is 2.60. The summed E-state index contributed by atoms with van der Waals surface area (Å²) in [6.45, 7) is 0.715. The molecular weight excluding hydrogens is 266 g/mol. The molecule has 0 amide bonds. The second kappa shape index (κ2) is 5.32. The zero-order valence-corrected chi connectivity index (χ0v) is 11.6. The predicted molar refractivity (Wildman–Crippen MR) is 81.0 cm³/mol. The number of fused-ring (bicyclic) bond motifs is 1. The number of carboxylic acids is 1. The molecule has 0 unspecified atom stereocenters. The molecule has 0 aliphatic carbocycles. The molecule has 0 atom stereocenters. The quantitative estimate of drug-likeness (QED) is 0.797. The van der Waals surface area contributed by atoms with Gasteiger partial charge in [0, 0.05) is 23.6 Å². The highest BCUT2D eigenvalue weighted by atomic mass is 16.5. The molecule has 0 saturated heterocycles. The number of hydrogen-bond donors (Lipinski definition) is 1. The van der Waals surface area contributed by atoms with Crippen LogP contribution < -0.4 is 4.74 Å². The van der Waals surface area contributed by atoms with Crippen LogP contribution in [0.5, 0.6) is 5.75 Å². The van der Waals surface area contributed by atoms with E-state index in [0.717, 1.165) is 22.2 Å². The molecule has 0 aliphatic rings. The van der Waals surface area contributed by atoms with Crippen molar-refractivity contribution in [1.29, 1.82) is 0 Å². The van der Waals surface area contributed by atoms with Gasteiger partial charge < -0.3 is 14.4 Å². The lowest BCUT2D eigenvalue weighted by Crippen LogP contribution is -1.99. The summed E-state index contributed by atoms with van der Waals surface area (Å²) in [5.41, 5.74) is 2.46. The highest BCUT2D eigenvalue weighted by Crippen LogP contribution is 2.20. The van der Waals surface area contributed by atoms with Gasteiger partial charge in [-0.3, -0.25) is 0 Å². The normalized spacial score (nSPS) is 10.7. The van der Waals surface area contributed by atoms with Crippen molar-refractivity contribution < 1.29 is 14.6 Å². The number of methoxy groups -OCH3 is 1. The lowest BCUT2D eigenvalue weighted by Gasteiger charge is -2.07. The van der Waals surface area contributed by atoms with Gasteiger partial charge in [0.25, 0.3) is 0 Å². The fourth-order valence-electron chi connectivity index (χ4n) is 2.44. The summed E-state index contributed by atoms with van der Waals surface area (Å²) in [6.07, 6.45) is 1.97. The van der Waals surface area contributed by atoms with Crippen LogP contribution in [0.25, 0.3) is 10.9 Å². The molecule has 3 rings (SSSR count). The zero-order chi connectivity index (χ0) is 14.8. The SMILES string of the molecule is COc1cccc(Cn2ccc3cc(C(=O)O)ccc32)c1. The van der Waals surface area contributed by atoms with Gasteiger partial charge in [-0.1, -0.05) is 12.1 Å². The zero-order valence-electron chi connectivity index (χ0n) is 11.6. The fourth-order valence-corrected chi connectivity index (χ4v) is 2.44. The van der Waals surface area contributed by atoms with Crippen molar-refractivity contribution in [2.45, 2.75) is 6.54 Å². The summed E-state index contributed by atoms with van der Waals surface area (Å²) in [4.78, 5) is 11.0. The van der Waals surface area contributed by atoms with Crippen LogP contribution in [0.15, 0.2) is 54.7 Å². The van der Waals surface area contributed by atoms with Crippen LogP contribution in [0.2, 0.25) is 0 Å². The molecule has 1 heterocycles. The van der Waals surface area contributed by atoms with E-state index in [0.29, 0.717) is 12.1 Å². The van der Waals surface area contributed by atoms with Gasteiger partial charge >= 0.3 is 5.97 Å². The van der Waals surface area contributed by atoms with Crippen LogP contribution in [0, 0.1) is 0 Å². The van der Waals surface area contributed by atoms with E-state index in [2.05, 4.69) is 4.57 Å². The van der Waals surface area contributed by atoms with Gasteiger partial charge in [0.15, 0.2) is 0 Å². The van der Waals surface area contributed by atoms with E-state index in [4.69, 9.17) is 9.84 Å². The van der Waals surface area contributed by atoms with Gasteiger partial charge in [-0.2, -0.15) is 0 Å². The Morgan fingerprint density at radius 3 is 2.81 bits per heavy atom. The van der Waals surface area contributed by atoms with E-state index in [-0.39, 0.29) is 0 Å². The first kappa shape index (κ1) is 13.2. The van der Waals surface area contributed by atoms with Crippen molar-refractivity contribution in [3.05, 3.63) is 65.9 Å². The van der Waals surface area contributed by atoms with Crippen molar-refractivity contribution in [1.82, 2.24) is 4.57 Å². The Morgan fingerprint density at radius 2 is 2.05 bits per heavy atom. The summed E-state index contributed by atoms with van der Waals surface area (Å²) >= 11 is 0. The molecular formula is C17H15NO3. The van der Waals surface area contributed by atoms with E-state index < -0.39 is 5.97 Å². The summed E-state index contributed by atoms with van der Waals surface area (Å²) in [5, 5.41) is 9.95. The number of aromatic nitrogens is 1. The minimum absolute atomic E-state index is 0.307. The van der Waals surface area contributed by atoms with Gasteiger partial charge in [0.05, 0.1) is 12.7 Å². The van der Waals surface area contributed by atoms with Gasteiger partial charge in [-0.15, -0.1) is 0 Å². The Balaban J connectivity index is 1.95. The minimum Gasteiger partial charge on any atom is -0.497 e. The standard InChI is InChI=1S/C17H15NO3/c1-21-15-4-2-3-12(9-15)11-18-8-7-13-10-14(17(19)20)5-6-16(13)18/h2-10H,11H2,1H3,(H,19,20). The predicted octanol–water partition coefficient (Wildman–Crippen LogP) is 3.40.